The SMILES string of the molecule is C=CCO[C@H]1[C@H](OCc2ccccc2)[C@H](OC(C)=O)[C@@H](O)O[C@@H]1CO. The molecule has 5 atom stereocenters. The van der Waals surface area contributed by atoms with E-state index in [0.29, 0.717) is 0 Å². The van der Waals surface area contributed by atoms with Gasteiger partial charge in [0.25, 0.3) is 0 Å². The second-order valence-electron chi connectivity index (χ2n) is 5.67. The van der Waals surface area contributed by atoms with Gasteiger partial charge in [0.05, 0.1) is 19.8 Å². The number of carbonyl (C=O) groups excluding carboxylic acids is 1. The second-order valence-corrected chi connectivity index (χ2v) is 5.67. The number of aliphatic hydroxyl groups excluding tert-OH is 2. The van der Waals surface area contributed by atoms with Gasteiger partial charge >= 0.3 is 5.97 Å². The molecule has 0 bridgehead atoms. The highest BCUT2D eigenvalue weighted by molar-refractivity contribution is 5.66. The molecule has 2 rings (SSSR count). The smallest absolute Gasteiger partial charge is 0.303 e. The van der Waals surface area contributed by atoms with Crippen LogP contribution in [0.1, 0.15) is 12.5 Å². The molecule has 1 fully saturated rings. The molecule has 1 aliphatic rings. The van der Waals surface area contributed by atoms with Crippen molar-refractivity contribution in [3.05, 3.63) is 48.6 Å². The highest BCUT2D eigenvalue weighted by Crippen LogP contribution is 2.28. The molecule has 0 aromatic heterocycles. The average Bonchev–Trinajstić information content (AvgIpc) is 2.61. The molecule has 1 aromatic carbocycles. The van der Waals surface area contributed by atoms with E-state index in [1.54, 1.807) is 6.08 Å². The second kappa shape index (κ2) is 9.65. The lowest BCUT2D eigenvalue weighted by molar-refractivity contribution is -0.304. The van der Waals surface area contributed by atoms with Crippen LogP contribution in [-0.4, -0.2) is 60.1 Å². The zero-order valence-corrected chi connectivity index (χ0v) is 14.1. The number of hydrogen-bond donors (Lipinski definition) is 2. The summed E-state index contributed by atoms with van der Waals surface area (Å²) in [5, 5.41) is 19.7. The Hall–Kier alpha value is -1.77. The number of benzene rings is 1. The van der Waals surface area contributed by atoms with Gasteiger partial charge in [-0.1, -0.05) is 36.4 Å². The summed E-state index contributed by atoms with van der Waals surface area (Å²) in [6.45, 7) is 4.87. The van der Waals surface area contributed by atoms with Crippen molar-refractivity contribution in [2.45, 2.75) is 44.2 Å². The molecule has 0 radical (unpaired) electrons. The quantitative estimate of drug-likeness (QED) is 0.527. The molecule has 2 N–H and O–H groups in total. The van der Waals surface area contributed by atoms with Crippen molar-refractivity contribution in [3.63, 3.8) is 0 Å². The maximum atomic E-state index is 11.4. The van der Waals surface area contributed by atoms with Gasteiger partial charge in [0, 0.05) is 6.92 Å². The Kier molecular flexibility index (Phi) is 7.54. The third-order valence-electron chi connectivity index (χ3n) is 3.78. The molecule has 0 amide bonds. The lowest BCUT2D eigenvalue weighted by atomic mass is 9.98. The Morgan fingerprint density at radius 2 is 1.96 bits per heavy atom. The lowest BCUT2D eigenvalue weighted by Crippen LogP contribution is -2.61. The Balaban J connectivity index is 2.20. The summed E-state index contributed by atoms with van der Waals surface area (Å²) >= 11 is 0. The van der Waals surface area contributed by atoms with Gasteiger partial charge in [0.2, 0.25) is 0 Å². The number of carbonyl (C=O) groups is 1. The minimum atomic E-state index is -1.43. The zero-order valence-electron chi connectivity index (χ0n) is 14.1. The van der Waals surface area contributed by atoms with Gasteiger partial charge in [-0.3, -0.25) is 4.79 Å². The van der Waals surface area contributed by atoms with Crippen LogP contribution in [0.15, 0.2) is 43.0 Å². The zero-order chi connectivity index (χ0) is 18.2. The first-order valence-corrected chi connectivity index (χ1v) is 8.06. The molecule has 0 aliphatic carbocycles. The van der Waals surface area contributed by atoms with E-state index in [4.69, 9.17) is 18.9 Å². The van der Waals surface area contributed by atoms with Gasteiger partial charge in [-0.2, -0.15) is 0 Å². The van der Waals surface area contributed by atoms with Crippen LogP contribution in [0.25, 0.3) is 0 Å². The van der Waals surface area contributed by atoms with Gasteiger partial charge in [-0.25, -0.2) is 0 Å². The first-order chi connectivity index (χ1) is 12.1. The van der Waals surface area contributed by atoms with E-state index in [1.807, 2.05) is 30.3 Å². The normalized spacial score (nSPS) is 29.2. The molecule has 1 aromatic rings. The highest BCUT2D eigenvalue weighted by atomic mass is 16.7. The Labute approximate surface area is 146 Å². The van der Waals surface area contributed by atoms with Crippen LogP contribution >= 0.6 is 0 Å². The molecule has 0 saturated carbocycles. The summed E-state index contributed by atoms with van der Waals surface area (Å²) in [5.41, 5.74) is 0.910. The lowest BCUT2D eigenvalue weighted by Gasteiger charge is -2.43. The summed E-state index contributed by atoms with van der Waals surface area (Å²) in [6.07, 6.45) is -3.31. The van der Waals surface area contributed by atoms with Crippen molar-refractivity contribution in [3.8, 4) is 0 Å². The van der Waals surface area contributed by atoms with Crippen LogP contribution in [-0.2, 0) is 30.3 Å². The third kappa shape index (κ3) is 5.35. The molecule has 1 aliphatic heterocycles. The van der Waals surface area contributed by atoms with Crippen LogP contribution in [0.2, 0.25) is 0 Å². The van der Waals surface area contributed by atoms with E-state index in [0.717, 1.165) is 5.56 Å². The number of aliphatic hydroxyl groups is 2. The van der Waals surface area contributed by atoms with Crippen LogP contribution in [0, 0.1) is 0 Å². The van der Waals surface area contributed by atoms with Gasteiger partial charge in [-0.15, -0.1) is 6.58 Å². The van der Waals surface area contributed by atoms with Crippen molar-refractivity contribution in [1.29, 1.82) is 0 Å². The summed E-state index contributed by atoms with van der Waals surface area (Å²) in [5.74, 6) is -0.578. The van der Waals surface area contributed by atoms with E-state index in [9.17, 15) is 15.0 Å². The molecule has 25 heavy (non-hydrogen) atoms. The molecule has 7 heteroatoms. The standard InChI is InChI=1S/C18H24O7/c1-3-9-22-15-14(10-19)25-18(21)17(24-12(2)20)16(15)23-11-13-7-5-4-6-8-13/h3-8,14-19,21H,1,9-11H2,2H3/t14-,15-,16+,17+,18+/m1/s1. The Morgan fingerprint density at radius 1 is 1.24 bits per heavy atom. The highest BCUT2D eigenvalue weighted by Gasteiger charge is 2.48. The van der Waals surface area contributed by atoms with Gasteiger partial charge in [0.15, 0.2) is 12.4 Å². The van der Waals surface area contributed by atoms with Crippen LogP contribution in [0.5, 0.6) is 0 Å². The summed E-state index contributed by atoms with van der Waals surface area (Å²) in [4.78, 5) is 11.4. The Bertz CT molecular complexity index is 548. The van der Waals surface area contributed by atoms with Gasteiger partial charge in [0.1, 0.15) is 18.3 Å². The maximum absolute atomic E-state index is 11.4. The van der Waals surface area contributed by atoms with Crippen molar-refractivity contribution in [2.24, 2.45) is 0 Å². The van der Waals surface area contributed by atoms with Crippen LogP contribution < -0.4 is 0 Å². The fraction of sp³-hybridized carbons (Fsp3) is 0.500. The largest absolute Gasteiger partial charge is 0.454 e. The molecule has 7 nitrogen and oxygen atoms in total. The maximum Gasteiger partial charge on any atom is 0.303 e. The predicted molar refractivity (Wildman–Crippen MR) is 88.5 cm³/mol. The van der Waals surface area contributed by atoms with Crippen molar-refractivity contribution in [2.75, 3.05) is 13.2 Å². The summed E-state index contributed by atoms with van der Waals surface area (Å²) < 4.78 is 22.1. The van der Waals surface area contributed by atoms with Crippen molar-refractivity contribution in [1.82, 2.24) is 0 Å². The number of esters is 1. The average molecular weight is 352 g/mol. The monoisotopic (exact) mass is 352 g/mol. The molecule has 138 valence electrons. The van der Waals surface area contributed by atoms with Crippen LogP contribution in [0.4, 0.5) is 0 Å². The van der Waals surface area contributed by atoms with Crippen molar-refractivity contribution >= 4 is 5.97 Å². The molecular weight excluding hydrogens is 328 g/mol. The molecule has 1 saturated heterocycles. The van der Waals surface area contributed by atoms with E-state index in [1.165, 1.54) is 6.92 Å². The van der Waals surface area contributed by atoms with Gasteiger partial charge in [-0.05, 0) is 5.56 Å². The summed E-state index contributed by atoms with van der Waals surface area (Å²) in [6, 6.07) is 9.42. The molecule has 0 unspecified atom stereocenters. The fourth-order valence-electron chi connectivity index (χ4n) is 2.70. The van der Waals surface area contributed by atoms with E-state index < -0.39 is 36.7 Å². The number of ether oxygens (including phenoxy) is 4. The van der Waals surface area contributed by atoms with E-state index >= 15 is 0 Å². The number of hydrogen-bond acceptors (Lipinski definition) is 7. The van der Waals surface area contributed by atoms with E-state index in [-0.39, 0.29) is 19.8 Å². The number of rotatable bonds is 8. The third-order valence-corrected chi connectivity index (χ3v) is 3.78. The van der Waals surface area contributed by atoms with Crippen LogP contribution in [0.3, 0.4) is 0 Å². The minimum absolute atomic E-state index is 0.193. The first kappa shape index (κ1) is 19.6. The molecular formula is C18H24O7. The molecule has 0 spiro atoms. The first-order valence-electron chi connectivity index (χ1n) is 8.06. The van der Waals surface area contributed by atoms with Gasteiger partial charge < -0.3 is 29.2 Å². The minimum Gasteiger partial charge on any atom is -0.454 e. The fourth-order valence-corrected chi connectivity index (χ4v) is 2.70. The predicted octanol–water partition coefficient (Wildman–Crippen LogP) is 0.784. The molecule has 1 heterocycles. The van der Waals surface area contributed by atoms with E-state index in [2.05, 4.69) is 6.58 Å². The topological polar surface area (TPSA) is 94.5 Å². The Morgan fingerprint density at radius 3 is 2.56 bits per heavy atom. The summed E-state index contributed by atoms with van der Waals surface area (Å²) in [7, 11) is 0. The van der Waals surface area contributed by atoms with Crippen molar-refractivity contribution < 1.29 is 34.0 Å².